The first-order chi connectivity index (χ1) is 18.4. The summed E-state index contributed by atoms with van der Waals surface area (Å²) in [5.74, 6) is -0.359. The number of esters is 1. The number of nitrogens with one attached hydrogen (secondary N) is 1. The number of alkyl halides is 3. The SMILES string of the molecule is COC(=O)C1(S(=O)(=O)N2CCC(Oc3ccc(C(F)(F)F)cc3)CC2)CCN(C(=N)c2ccc(O)cc2)CC1. The van der Waals surface area contributed by atoms with Crippen molar-refractivity contribution in [3.8, 4) is 11.5 Å². The van der Waals surface area contributed by atoms with Gasteiger partial charge < -0.3 is 19.5 Å². The number of phenolic OH excluding ortho intramolecular Hbond substituents is 1. The Morgan fingerprint density at radius 1 is 1.00 bits per heavy atom. The minimum Gasteiger partial charge on any atom is -0.508 e. The summed E-state index contributed by atoms with van der Waals surface area (Å²) < 4.78 is 76.2. The molecule has 0 unspecified atom stereocenters. The normalized spacial score (nSPS) is 18.9. The summed E-state index contributed by atoms with van der Waals surface area (Å²) in [4.78, 5) is 14.6. The van der Waals surface area contributed by atoms with Crippen LogP contribution in [0.1, 0.15) is 36.8 Å². The molecule has 2 aliphatic heterocycles. The highest BCUT2D eigenvalue weighted by Crippen LogP contribution is 2.37. The Labute approximate surface area is 224 Å². The number of hydrogen-bond acceptors (Lipinski definition) is 7. The minimum atomic E-state index is -4.45. The molecule has 0 amide bonds. The number of amidine groups is 1. The van der Waals surface area contributed by atoms with Gasteiger partial charge >= 0.3 is 12.1 Å². The van der Waals surface area contributed by atoms with E-state index in [1.54, 1.807) is 17.0 Å². The van der Waals surface area contributed by atoms with Gasteiger partial charge in [0.2, 0.25) is 10.0 Å². The van der Waals surface area contributed by atoms with Crippen LogP contribution in [-0.4, -0.2) is 78.7 Å². The van der Waals surface area contributed by atoms with Gasteiger partial charge in [-0.05, 0) is 74.2 Å². The fourth-order valence-corrected chi connectivity index (χ4v) is 7.18. The van der Waals surface area contributed by atoms with Gasteiger partial charge in [-0.1, -0.05) is 0 Å². The highest BCUT2D eigenvalue weighted by molar-refractivity contribution is 7.91. The van der Waals surface area contributed by atoms with Crippen LogP contribution in [0.25, 0.3) is 0 Å². The fraction of sp³-hybridized carbons (Fsp3) is 0.462. The number of likely N-dealkylation sites (tertiary alicyclic amines) is 1. The van der Waals surface area contributed by atoms with Gasteiger partial charge in [-0.25, -0.2) is 12.7 Å². The molecule has 2 aromatic carbocycles. The van der Waals surface area contributed by atoms with Crippen molar-refractivity contribution < 1.29 is 41.0 Å². The second-order valence-corrected chi connectivity index (χ2v) is 11.9. The third-order valence-corrected chi connectivity index (χ3v) is 9.91. The van der Waals surface area contributed by atoms with Crippen LogP contribution in [-0.2, 0) is 25.7 Å². The molecule has 212 valence electrons. The summed E-state index contributed by atoms with van der Waals surface area (Å²) in [7, 11) is -3.00. The van der Waals surface area contributed by atoms with Crippen molar-refractivity contribution in [3.63, 3.8) is 0 Å². The number of sulfonamides is 1. The quantitative estimate of drug-likeness (QED) is 0.310. The first-order valence-corrected chi connectivity index (χ1v) is 13.9. The number of phenols is 1. The molecule has 2 heterocycles. The Balaban J connectivity index is 1.41. The zero-order chi connectivity index (χ0) is 28.4. The molecule has 2 fully saturated rings. The summed E-state index contributed by atoms with van der Waals surface area (Å²) >= 11 is 0. The number of hydrogen-bond donors (Lipinski definition) is 2. The number of rotatable bonds is 6. The van der Waals surface area contributed by atoms with Crippen LogP contribution in [0.5, 0.6) is 11.5 Å². The van der Waals surface area contributed by atoms with E-state index in [0.717, 1.165) is 19.2 Å². The van der Waals surface area contributed by atoms with Gasteiger partial charge in [0.1, 0.15) is 23.4 Å². The molecule has 2 saturated heterocycles. The lowest BCUT2D eigenvalue weighted by atomic mass is 9.95. The van der Waals surface area contributed by atoms with Crippen molar-refractivity contribution in [2.75, 3.05) is 33.3 Å². The fourth-order valence-electron chi connectivity index (χ4n) is 5.00. The summed E-state index contributed by atoms with van der Waals surface area (Å²) in [6.45, 7) is 0.446. The molecule has 0 atom stereocenters. The van der Waals surface area contributed by atoms with Crippen molar-refractivity contribution in [2.24, 2.45) is 0 Å². The highest BCUT2D eigenvalue weighted by atomic mass is 32.2. The van der Waals surface area contributed by atoms with Gasteiger partial charge in [0.15, 0.2) is 4.75 Å². The van der Waals surface area contributed by atoms with Crippen LogP contribution in [0.3, 0.4) is 0 Å². The number of halogens is 3. The number of ether oxygens (including phenoxy) is 2. The molecular formula is C26H30F3N3O6S. The van der Waals surface area contributed by atoms with E-state index in [9.17, 15) is 31.5 Å². The van der Waals surface area contributed by atoms with Gasteiger partial charge in [-0.2, -0.15) is 13.2 Å². The third-order valence-electron chi connectivity index (χ3n) is 7.30. The van der Waals surface area contributed by atoms with Crippen LogP contribution in [0, 0.1) is 5.41 Å². The molecule has 9 nitrogen and oxygen atoms in total. The standard InChI is InChI=1S/C26H30F3N3O6S/c1-37-24(34)25(12-16-31(17-13-25)23(30)18-2-6-20(33)7-3-18)39(35,36)32-14-10-22(11-15-32)38-21-8-4-19(5-9-21)26(27,28)29/h2-9,22,30,33H,10-17H2,1H3. The number of nitrogens with zero attached hydrogens (tertiary/aromatic N) is 2. The second-order valence-electron chi connectivity index (χ2n) is 9.61. The summed E-state index contributed by atoms with van der Waals surface area (Å²) in [5.41, 5.74) is -0.232. The summed E-state index contributed by atoms with van der Waals surface area (Å²) in [6, 6.07) is 10.4. The molecular weight excluding hydrogens is 539 g/mol. The van der Waals surface area contributed by atoms with Crippen LogP contribution >= 0.6 is 0 Å². The number of carbonyl (C=O) groups is 1. The van der Waals surface area contributed by atoms with Gasteiger partial charge in [-0.15, -0.1) is 0 Å². The Morgan fingerprint density at radius 2 is 1.56 bits per heavy atom. The summed E-state index contributed by atoms with van der Waals surface area (Å²) in [6.07, 6.45) is -4.37. The zero-order valence-electron chi connectivity index (χ0n) is 21.3. The lowest BCUT2D eigenvalue weighted by molar-refractivity contribution is -0.145. The molecule has 0 aliphatic carbocycles. The Morgan fingerprint density at radius 3 is 2.08 bits per heavy atom. The minimum absolute atomic E-state index is 0.0644. The molecule has 2 aliphatic rings. The van der Waals surface area contributed by atoms with Gasteiger partial charge in [-0.3, -0.25) is 10.2 Å². The van der Waals surface area contributed by atoms with Gasteiger partial charge in [0.05, 0.1) is 12.7 Å². The number of aromatic hydroxyl groups is 1. The Kier molecular flexibility index (Phi) is 8.12. The van der Waals surface area contributed by atoms with E-state index in [1.807, 2.05) is 0 Å². The van der Waals surface area contributed by atoms with Crippen LogP contribution < -0.4 is 4.74 Å². The average molecular weight is 570 g/mol. The first kappa shape index (κ1) is 28.7. The van der Waals surface area contributed by atoms with Crippen LogP contribution in [0.4, 0.5) is 13.2 Å². The van der Waals surface area contributed by atoms with Crippen molar-refractivity contribution in [3.05, 3.63) is 59.7 Å². The largest absolute Gasteiger partial charge is 0.508 e. The van der Waals surface area contributed by atoms with Gasteiger partial charge in [0.25, 0.3) is 0 Å². The smallest absolute Gasteiger partial charge is 0.416 e. The van der Waals surface area contributed by atoms with Crippen molar-refractivity contribution in [1.29, 1.82) is 5.41 Å². The number of carbonyl (C=O) groups excluding carboxylic acids is 1. The maximum absolute atomic E-state index is 13.8. The second kappa shape index (κ2) is 11.0. The van der Waals surface area contributed by atoms with Gasteiger partial charge in [0, 0.05) is 31.7 Å². The van der Waals surface area contributed by atoms with E-state index < -0.39 is 38.6 Å². The molecule has 0 spiro atoms. The number of piperidine rings is 2. The molecule has 2 N–H and O–H groups in total. The highest BCUT2D eigenvalue weighted by Gasteiger charge is 2.56. The molecule has 0 radical (unpaired) electrons. The van der Waals surface area contributed by atoms with Crippen molar-refractivity contribution in [1.82, 2.24) is 9.21 Å². The van der Waals surface area contributed by atoms with Crippen molar-refractivity contribution >= 4 is 21.8 Å². The van der Waals surface area contributed by atoms with E-state index in [4.69, 9.17) is 14.9 Å². The number of benzene rings is 2. The molecule has 0 saturated carbocycles. The van der Waals surface area contributed by atoms with E-state index in [0.29, 0.717) is 18.4 Å². The lowest BCUT2D eigenvalue weighted by Crippen LogP contribution is -2.60. The topological polar surface area (TPSA) is 120 Å². The first-order valence-electron chi connectivity index (χ1n) is 12.4. The molecule has 39 heavy (non-hydrogen) atoms. The molecule has 4 rings (SSSR count). The van der Waals surface area contributed by atoms with Crippen LogP contribution in [0.15, 0.2) is 48.5 Å². The third kappa shape index (κ3) is 5.83. The number of methoxy groups -OCH3 is 1. The van der Waals surface area contributed by atoms with Crippen molar-refractivity contribution in [2.45, 2.75) is 42.7 Å². The van der Waals surface area contributed by atoms with E-state index in [2.05, 4.69) is 0 Å². The molecule has 0 aromatic heterocycles. The van der Waals surface area contributed by atoms with E-state index >= 15 is 0 Å². The zero-order valence-corrected chi connectivity index (χ0v) is 22.1. The predicted octanol–water partition coefficient (Wildman–Crippen LogP) is 3.62. The molecule has 13 heteroatoms. The Bertz CT molecular complexity index is 1280. The Hall–Kier alpha value is -3.32. The maximum Gasteiger partial charge on any atom is 0.416 e. The van der Waals surface area contributed by atoms with Crippen LogP contribution in [0.2, 0.25) is 0 Å². The van der Waals surface area contributed by atoms with E-state index in [1.165, 1.54) is 28.6 Å². The lowest BCUT2D eigenvalue weighted by Gasteiger charge is -2.43. The average Bonchev–Trinajstić information content (AvgIpc) is 2.92. The molecule has 2 aromatic rings. The maximum atomic E-state index is 13.8. The summed E-state index contributed by atoms with van der Waals surface area (Å²) in [5, 5.41) is 18.0. The van der Waals surface area contributed by atoms with E-state index in [-0.39, 0.29) is 56.4 Å². The predicted molar refractivity (Wildman–Crippen MR) is 136 cm³/mol. The monoisotopic (exact) mass is 569 g/mol. The molecule has 0 bridgehead atoms.